The van der Waals surface area contributed by atoms with E-state index in [0.29, 0.717) is 28.3 Å². The molecule has 0 saturated heterocycles. The van der Waals surface area contributed by atoms with Crippen molar-refractivity contribution in [2.75, 3.05) is 6.26 Å². The summed E-state index contributed by atoms with van der Waals surface area (Å²) in [6, 6.07) is 12.2. The summed E-state index contributed by atoms with van der Waals surface area (Å²) < 4.78 is 39.8. The summed E-state index contributed by atoms with van der Waals surface area (Å²) in [6.07, 6.45) is 1.04. The monoisotopic (exact) mass is 516 g/mol. The van der Waals surface area contributed by atoms with Crippen LogP contribution in [0.25, 0.3) is 28.7 Å². The first kappa shape index (κ1) is 27.3. The zero-order chi connectivity index (χ0) is 26.6. The van der Waals surface area contributed by atoms with Gasteiger partial charge in [0.05, 0.1) is 34.9 Å². The Morgan fingerprint density at radius 2 is 1.78 bits per heavy atom. The number of aliphatic carboxylic acids is 1. The fourth-order valence-corrected chi connectivity index (χ4v) is 4.46. The highest BCUT2D eigenvalue weighted by molar-refractivity contribution is 7.90. The molecule has 2 atom stereocenters. The fraction of sp³-hybridized carbons (Fsp3) is 0.308. The van der Waals surface area contributed by atoms with Gasteiger partial charge in [-0.25, -0.2) is 17.8 Å². The van der Waals surface area contributed by atoms with Crippen LogP contribution >= 0.6 is 0 Å². The van der Waals surface area contributed by atoms with Crippen LogP contribution in [0, 0.1) is 5.82 Å². The smallest absolute Gasteiger partial charge is 0.305 e. The number of hydrogen-bond acceptors (Lipinski definition) is 6. The maximum absolute atomic E-state index is 13.6. The second-order valence-corrected chi connectivity index (χ2v) is 10.9. The molecule has 2 unspecified atom stereocenters. The Hall–Kier alpha value is -3.34. The highest BCUT2D eigenvalue weighted by Gasteiger charge is 2.22. The van der Waals surface area contributed by atoms with Crippen LogP contribution in [-0.4, -0.2) is 57.7 Å². The molecule has 0 radical (unpaired) electrons. The Labute approximate surface area is 209 Å². The summed E-state index contributed by atoms with van der Waals surface area (Å²) in [5, 5.41) is 29.1. The number of sulfone groups is 1. The van der Waals surface area contributed by atoms with Crippen molar-refractivity contribution in [3.05, 3.63) is 66.2 Å². The highest BCUT2D eigenvalue weighted by atomic mass is 32.2. The van der Waals surface area contributed by atoms with Gasteiger partial charge in [0.15, 0.2) is 9.84 Å². The minimum atomic E-state index is -3.50. The van der Waals surface area contributed by atoms with E-state index in [4.69, 9.17) is 10.1 Å². The molecule has 36 heavy (non-hydrogen) atoms. The van der Waals surface area contributed by atoms with Gasteiger partial charge in [-0.2, -0.15) is 0 Å². The molecule has 3 rings (SSSR count). The Morgan fingerprint density at radius 3 is 2.36 bits per heavy atom. The number of imidazole rings is 1. The largest absolute Gasteiger partial charge is 0.481 e. The van der Waals surface area contributed by atoms with Gasteiger partial charge in [-0.15, -0.1) is 0 Å². The Bertz CT molecular complexity index is 1360. The summed E-state index contributed by atoms with van der Waals surface area (Å²) >= 11 is 0. The van der Waals surface area contributed by atoms with Crippen molar-refractivity contribution in [2.24, 2.45) is 0 Å². The van der Waals surface area contributed by atoms with Gasteiger partial charge >= 0.3 is 5.97 Å². The number of halogens is 1. The molecule has 0 saturated carbocycles. The van der Waals surface area contributed by atoms with Crippen LogP contribution in [0.3, 0.4) is 0 Å². The van der Waals surface area contributed by atoms with E-state index in [9.17, 15) is 27.8 Å². The number of nitrogens with zero attached hydrogens (tertiary/aromatic N) is 2. The van der Waals surface area contributed by atoms with E-state index >= 15 is 0 Å². The topological polar surface area (TPSA) is 130 Å². The van der Waals surface area contributed by atoms with Gasteiger partial charge in [0.25, 0.3) is 0 Å². The van der Waals surface area contributed by atoms with E-state index in [-0.39, 0.29) is 17.2 Å². The van der Waals surface area contributed by atoms with Crippen LogP contribution in [0.15, 0.2) is 59.5 Å². The molecule has 1 aromatic heterocycles. The van der Waals surface area contributed by atoms with Gasteiger partial charge in [-0.3, -0.25) is 4.79 Å². The van der Waals surface area contributed by atoms with Gasteiger partial charge in [0, 0.05) is 35.9 Å². The van der Waals surface area contributed by atoms with Crippen molar-refractivity contribution in [1.82, 2.24) is 9.55 Å². The van der Waals surface area contributed by atoms with Crippen molar-refractivity contribution in [3.8, 4) is 22.5 Å². The number of carbonyl (C=O) groups is 1. The summed E-state index contributed by atoms with van der Waals surface area (Å²) in [6.45, 7) is 3.84. The molecule has 0 aliphatic rings. The first-order chi connectivity index (χ1) is 16.9. The van der Waals surface area contributed by atoms with Crippen molar-refractivity contribution in [1.29, 1.82) is 0 Å². The molecule has 3 aromatic rings. The molecule has 0 fully saturated rings. The zero-order valence-electron chi connectivity index (χ0n) is 20.2. The van der Waals surface area contributed by atoms with Crippen LogP contribution < -0.4 is 0 Å². The van der Waals surface area contributed by atoms with E-state index in [2.05, 4.69) is 0 Å². The molecule has 3 N–H and O–H groups in total. The van der Waals surface area contributed by atoms with Gasteiger partial charge < -0.3 is 19.9 Å². The molecule has 1 heterocycles. The van der Waals surface area contributed by atoms with E-state index in [0.717, 1.165) is 6.26 Å². The normalized spacial score (nSPS) is 13.9. The minimum absolute atomic E-state index is 0.0876. The van der Waals surface area contributed by atoms with Crippen molar-refractivity contribution >= 4 is 22.0 Å². The molecule has 0 bridgehead atoms. The number of aliphatic hydroxyl groups excluding tert-OH is 2. The van der Waals surface area contributed by atoms with Crippen molar-refractivity contribution < 1.29 is 32.9 Å². The molecule has 192 valence electrons. The number of aliphatic hydroxyl groups is 2. The number of carboxylic acids is 1. The molecule has 8 nitrogen and oxygen atoms in total. The lowest BCUT2D eigenvalue weighted by Gasteiger charge is -2.14. The zero-order valence-corrected chi connectivity index (χ0v) is 21.0. The molecule has 0 amide bonds. The van der Waals surface area contributed by atoms with Crippen molar-refractivity contribution in [3.63, 3.8) is 0 Å². The quantitative estimate of drug-likeness (QED) is 0.372. The molecule has 0 spiro atoms. The van der Waals surface area contributed by atoms with E-state index in [1.807, 2.05) is 13.8 Å². The Morgan fingerprint density at radius 1 is 1.11 bits per heavy atom. The SMILES string of the molecule is CC(C)c1nc(-c2ccc(F)cc2)c(-c2cccc(S(C)(=O)=O)c2)n1C=CC(O)CC(O)CC(=O)O. The van der Waals surface area contributed by atoms with Crippen LogP contribution in [0.5, 0.6) is 0 Å². The molecule has 0 aliphatic heterocycles. The van der Waals surface area contributed by atoms with E-state index in [1.54, 1.807) is 35.0 Å². The summed E-state index contributed by atoms with van der Waals surface area (Å²) in [7, 11) is -3.50. The average molecular weight is 517 g/mol. The highest BCUT2D eigenvalue weighted by Crippen LogP contribution is 2.36. The fourth-order valence-electron chi connectivity index (χ4n) is 3.79. The van der Waals surface area contributed by atoms with Gasteiger partial charge in [-0.05, 0) is 42.5 Å². The van der Waals surface area contributed by atoms with Crippen molar-refractivity contribution in [2.45, 2.75) is 49.7 Å². The first-order valence-corrected chi connectivity index (χ1v) is 13.2. The van der Waals surface area contributed by atoms with Crippen LogP contribution in [0.4, 0.5) is 4.39 Å². The van der Waals surface area contributed by atoms with E-state index < -0.39 is 40.3 Å². The number of hydrogen-bond donors (Lipinski definition) is 3. The van der Waals surface area contributed by atoms with E-state index in [1.165, 1.54) is 30.3 Å². The third-order valence-corrected chi connectivity index (χ3v) is 6.60. The predicted octanol–water partition coefficient (Wildman–Crippen LogP) is 3.94. The van der Waals surface area contributed by atoms with Crippen LogP contribution in [0.2, 0.25) is 0 Å². The second kappa shape index (κ2) is 11.2. The first-order valence-electron chi connectivity index (χ1n) is 11.3. The summed E-state index contributed by atoms with van der Waals surface area (Å²) in [5.41, 5.74) is 2.18. The maximum Gasteiger partial charge on any atom is 0.305 e. The minimum Gasteiger partial charge on any atom is -0.481 e. The predicted molar refractivity (Wildman–Crippen MR) is 134 cm³/mol. The molecular weight excluding hydrogens is 487 g/mol. The number of rotatable bonds is 10. The number of aromatic nitrogens is 2. The molecule has 10 heteroatoms. The third-order valence-electron chi connectivity index (χ3n) is 5.49. The Kier molecular flexibility index (Phi) is 8.44. The lowest BCUT2D eigenvalue weighted by atomic mass is 10.0. The summed E-state index contributed by atoms with van der Waals surface area (Å²) in [4.78, 5) is 15.7. The second-order valence-electron chi connectivity index (χ2n) is 8.90. The lowest BCUT2D eigenvalue weighted by Crippen LogP contribution is -2.19. The van der Waals surface area contributed by atoms with Crippen LogP contribution in [0.1, 0.15) is 38.4 Å². The number of benzene rings is 2. The Balaban J connectivity index is 2.19. The lowest BCUT2D eigenvalue weighted by molar-refractivity contribution is -0.139. The molecule has 2 aromatic carbocycles. The molecule has 0 aliphatic carbocycles. The van der Waals surface area contributed by atoms with Crippen LogP contribution in [-0.2, 0) is 14.6 Å². The summed E-state index contributed by atoms with van der Waals surface area (Å²) in [5.74, 6) is -1.07. The maximum atomic E-state index is 13.6. The number of carboxylic acid groups (broad SMARTS) is 1. The van der Waals surface area contributed by atoms with Gasteiger partial charge in [-0.1, -0.05) is 26.0 Å². The van der Waals surface area contributed by atoms with Gasteiger partial charge in [0.1, 0.15) is 11.6 Å². The van der Waals surface area contributed by atoms with Gasteiger partial charge in [0.2, 0.25) is 0 Å². The third kappa shape index (κ3) is 6.66. The standard InChI is InChI=1S/C26H29FN2O6S/c1-16(2)26-28-24(17-7-9-19(27)10-8-17)25(18-5-4-6-22(13-18)36(3,34)35)29(26)12-11-20(30)14-21(31)15-23(32)33/h4-13,16,20-21,30-31H,14-15H2,1-3H3,(H,32,33). The average Bonchev–Trinajstić information content (AvgIpc) is 3.17. The molecular formula is C26H29FN2O6S.